The number of aromatic amines is 1. The number of aliphatic hydroxyl groups is 2. The molecule has 3 N–H and O–H groups in total. The maximum Gasteiger partial charge on any atom is 0.331 e. The van der Waals surface area contributed by atoms with E-state index in [-0.39, 0.29) is 13.0 Å². The van der Waals surface area contributed by atoms with Gasteiger partial charge in [0.15, 0.2) is 0 Å². The van der Waals surface area contributed by atoms with Gasteiger partial charge in [-0.15, -0.1) is 11.3 Å². The molecule has 1 aliphatic rings. The quantitative estimate of drug-likeness (QED) is 0.682. The van der Waals surface area contributed by atoms with E-state index in [0.29, 0.717) is 10.2 Å². The Morgan fingerprint density at radius 1 is 1.53 bits per heavy atom. The maximum absolute atomic E-state index is 11.9. The Hall–Kier alpha value is -1.48. The lowest BCUT2D eigenvalue weighted by Gasteiger charge is -2.15. The van der Waals surface area contributed by atoms with Crippen LogP contribution in [-0.4, -0.2) is 38.6 Å². The molecule has 7 nitrogen and oxygen atoms in total. The second-order valence-corrected chi connectivity index (χ2v) is 5.30. The number of nitrogens with zero attached hydrogens (tertiary/aromatic N) is 1. The van der Waals surface area contributed by atoms with E-state index in [1.165, 1.54) is 15.9 Å². The van der Waals surface area contributed by atoms with Crippen LogP contribution in [0.1, 0.15) is 12.6 Å². The summed E-state index contributed by atoms with van der Waals surface area (Å²) in [7, 11) is 0. The first-order chi connectivity index (χ1) is 9.11. The van der Waals surface area contributed by atoms with Crippen molar-refractivity contribution in [3.8, 4) is 0 Å². The third-order valence-corrected chi connectivity index (χ3v) is 4.12. The van der Waals surface area contributed by atoms with Crippen molar-refractivity contribution in [2.24, 2.45) is 0 Å². The summed E-state index contributed by atoms with van der Waals surface area (Å²) >= 11 is 1.23. The van der Waals surface area contributed by atoms with E-state index in [9.17, 15) is 14.7 Å². The molecule has 1 aliphatic heterocycles. The summed E-state index contributed by atoms with van der Waals surface area (Å²) in [5.41, 5.74) is -0.523. The van der Waals surface area contributed by atoms with Crippen LogP contribution in [-0.2, 0) is 4.74 Å². The van der Waals surface area contributed by atoms with Gasteiger partial charge in [-0.1, -0.05) is 0 Å². The van der Waals surface area contributed by atoms with Gasteiger partial charge in [0, 0.05) is 6.42 Å². The van der Waals surface area contributed by atoms with Crippen molar-refractivity contribution in [2.75, 3.05) is 6.61 Å². The highest BCUT2D eigenvalue weighted by atomic mass is 32.1. The fourth-order valence-corrected chi connectivity index (χ4v) is 3.09. The molecule has 3 heterocycles. The van der Waals surface area contributed by atoms with Crippen molar-refractivity contribution < 1.29 is 14.9 Å². The van der Waals surface area contributed by atoms with E-state index in [1.807, 2.05) is 0 Å². The highest BCUT2D eigenvalue weighted by Crippen LogP contribution is 2.30. The van der Waals surface area contributed by atoms with Gasteiger partial charge in [0.1, 0.15) is 17.0 Å². The van der Waals surface area contributed by atoms with E-state index < -0.39 is 29.7 Å². The van der Waals surface area contributed by atoms with Gasteiger partial charge >= 0.3 is 5.69 Å². The molecule has 0 radical (unpaired) electrons. The molecule has 3 rings (SSSR count). The minimum atomic E-state index is -0.831. The molecule has 1 saturated heterocycles. The Balaban J connectivity index is 2.14. The normalized spacial score (nSPS) is 27.2. The summed E-state index contributed by atoms with van der Waals surface area (Å²) in [4.78, 5) is 25.8. The third-order valence-electron chi connectivity index (χ3n) is 3.22. The van der Waals surface area contributed by atoms with Crippen LogP contribution >= 0.6 is 11.3 Å². The van der Waals surface area contributed by atoms with Crippen molar-refractivity contribution in [2.45, 2.75) is 24.9 Å². The zero-order valence-electron chi connectivity index (χ0n) is 9.78. The molecule has 102 valence electrons. The van der Waals surface area contributed by atoms with Crippen molar-refractivity contribution in [3.63, 3.8) is 0 Å². The van der Waals surface area contributed by atoms with Gasteiger partial charge in [-0.05, 0) is 11.4 Å². The molecular formula is C11H12N2O5S. The molecule has 3 atom stereocenters. The predicted molar refractivity (Wildman–Crippen MR) is 68.3 cm³/mol. The lowest BCUT2D eigenvalue weighted by Crippen LogP contribution is -2.32. The number of H-pyrrole nitrogens is 1. The molecule has 19 heavy (non-hydrogen) atoms. The van der Waals surface area contributed by atoms with Gasteiger partial charge < -0.3 is 14.9 Å². The lowest BCUT2D eigenvalue weighted by atomic mass is 10.2. The average Bonchev–Trinajstić information content (AvgIpc) is 2.96. The smallest absolute Gasteiger partial charge is 0.331 e. The molecule has 0 bridgehead atoms. The topological polar surface area (TPSA) is 105 Å². The Labute approximate surface area is 110 Å². The number of ether oxygens (including phenoxy) is 1. The summed E-state index contributed by atoms with van der Waals surface area (Å²) < 4.78 is 7.20. The standard InChI is InChI=1S/C11H12N2O5S/c14-4-7-6(15)3-8(18-7)13-5-1-2-19-9(5)10(16)12-11(13)17/h1-2,6-8,14-15H,3-4H2,(H,12,16,17). The second-order valence-electron chi connectivity index (χ2n) is 4.38. The minimum absolute atomic E-state index is 0.197. The van der Waals surface area contributed by atoms with Crippen molar-refractivity contribution >= 4 is 21.6 Å². The first-order valence-corrected chi connectivity index (χ1v) is 6.66. The first-order valence-electron chi connectivity index (χ1n) is 5.78. The van der Waals surface area contributed by atoms with Gasteiger partial charge in [-0.25, -0.2) is 4.79 Å². The van der Waals surface area contributed by atoms with Gasteiger partial charge in [0.05, 0.1) is 18.2 Å². The van der Waals surface area contributed by atoms with Gasteiger partial charge in [-0.3, -0.25) is 14.3 Å². The summed E-state index contributed by atoms with van der Waals surface area (Å²) in [6, 6.07) is 1.67. The van der Waals surface area contributed by atoms with E-state index in [0.717, 1.165) is 0 Å². The van der Waals surface area contributed by atoms with Crippen molar-refractivity contribution in [1.29, 1.82) is 0 Å². The summed E-state index contributed by atoms with van der Waals surface area (Å²) in [6.45, 7) is -0.317. The lowest BCUT2D eigenvalue weighted by molar-refractivity contribution is -0.0443. The number of fused-ring (bicyclic) bond motifs is 1. The third kappa shape index (κ3) is 1.93. The van der Waals surface area contributed by atoms with E-state index in [2.05, 4.69) is 4.98 Å². The number of thiophene rings is 1. The number of rotatable bonds is 2. The number of hydrogen-bond donors (Lipinski definition) is 3. The molecule has 0 spiro atoms. The average molecular weight is 284 g/mol. The second kappa shape index (κ2) is 4.57. The van der Waals surface area contributed by atoms with Gasteiger partial charge in [0.25, 0.3) is 5.56 Å². The van der Waals surface area contributed by atoms with Gasteiger partial charge in [-0.2, -0.15) is 0 Å². The summed E-state index contributed by atoms with van der Waals surface area (Å²) in [5.74, 6) is 0. The predicted octanol–water partition coefficient (Wildman–Crippen LogP) is -0.608. The SMILES string of the molecule is O=c1[nH]c(=O)n(C2CC(O)C(CO)O2)c2ccsc12. The molecule has 8 heteroatoms. The highest BCUT2D eigenvalue weighted by Gasteiger charge is 2.35. The molecule has 3 unspecified atom stereocenters. The van der Waals surface area contributed by atoms with Crippen LogP contribution in [0, 0.1) is 0 Å². The largest absolute Gasteiger partial charge is 0.394 e. The number of nitrogens with one attached hydrogen (secondary N) is 1. The van der Waals surface area contributed by atoms with Crippen LogP contribution in [0.25, 0.3) is 10.2 Å². The van der Waals surface area contributed by atoms with Crippen molar-refractivity contribution in [1.82, 2.24) is 9.55 Å². The zero-order chi connectivity index (χ0) is 13.6. The van der Waals surface area contributed by atoms with Crippen molar-refractivity contribution in [3.05, 3.63) is 32.3 Å². The Bertz CT molecular complexity index is 718. The molecule has 0 aromatic carbocycles. The van der Waals surface area contributed by atoms with Crippen LogP contribution in [0.15, 0.2) is 21.0 Å². The number of hydrogen-bond acceptors (Lipinski definition) is 6. The number of aliphatic hydroxyl groups excluding tert-OH is 2. The Morgan fingerprint density at radius 2 is 2.32 bits per heavy atom. The van der Waals surface area contributed by atoms with Crippen LogP contribution in [0.2, 0.25) is 0 Å². The van der Waals surface area contributed by atoms with E-state index in [1.54, 1.807) is 11.4 Å². The molecule has 2 aromatic heterocycles. The van der Waals surface area contributed by atoms with Gasteiger partial charge in [0.2, 0.25) is 0 Å². The fourth-order valence-electron chi connectivity index (χ4n) is 2.31. The van der Waals surface area contributed by atoms with Crippen LogP contribution in [0.5, 0.6) is 0 Å². The van der Waals surface area contributed by atoms with E-state index >= 15 is 0 Å². The molecule has 1 fully saturated rings. The molecule has 0 aliphatic carbocycles. The molecule has 2 aromatic rings. The zero-order valence-corrected chi connectivity index (χ0v) is 10.6. The minimum Gasteiger partial charge on any atom is -0.394 e. The van der Waals surface area contributed by atoms with E-state index in [4.69, 9.17) is 9.84 Å². The molecule has 0 amide bonds. The monoisotopic (exact) mass is 284 g/mol. The fraction of sp³-hybridized carbons (Fsp3) is 0.455. The molecule has 0 saturated carbocycles. The summed E-state index contributed by atoms with van der Waals surface area (Å²) in [5, 5.41) is 20.5. The summed E-state index contributed by atoms with van der Waals surface area (Å²) in [6.07, 6.45) is -2.03. The highest BCUT2D eigenvalue weighted by molar-refractivity contribution is 7.17. The van der Waals surface area contributed by atoms with Crippen LogP contribution < -0.4 is 11.2 Å². The Kier molecular flexibility index (Phi) is 3.02. The number of aromatic nitrogens is 2. The molecular weight excluding hydrogens is 272 g/mol. The maximum atomic E-state index is 11.9. The Morgan fingerprint density at radius 3 is 3.00 bits per heavy atom. The van der Waals surface area contributed by atoms with Crippen LogP contribution in [0.4, 0.5) is 0 Å². The van der Waals surface area contributed by atoms with Crippen LogP contribution in [0.3, 0.4) is 0 Å². The first kappa shape index (κ1) is 12.5.